The van der Waals surface area contributed by atoms with Crippen LogP contribution in [0.5, 0.6) is 5.75 Å². The minimum atomic E-state index is -0.209. The highest BCUT2D eigenvalue weighted by Gasteiger charge is 2.17. The number of hydrogen-bond donors (Lipinski definition) is 2. The van der Waals surface area contributed by atoms with Crippen molar-refractivity contribution in [2.24, 2.45) is 0 Å². The van der Waals surface area contributed by atoms with Crippen molar-refractivity contribution in [1.29, 1.82) is 0 Å². The number of ether oxygens (including phenoxy) is 1. The fourth-order valence-electron chi connectivity index (χ4n) is 2.65. The zero-order valence-corrected chi connectivity index (χ0v) is 15.1. The van der Waals surface area contributed by atoms with Gasteiger partial charge in [-0.3, -0.25) is 0 Å². The number of rotatable bonds is 4. The van der Waals surface area contributed by atoms with Crippen LogP contribution >= 0.6 is 15.9 Å². The maximum Gasteiger partial charge on any atom is 0.319 e. The maximum atomic E-state index is 12.0. The number of nitrogens with one attached hydrogen (secondary N) is 2. The summed E-state index contributed by atoms with van der Waals surface area (Å²) in [6.45, 7) is 4.84. The van der Waals surface area contributed by atoms with Crippen molar-refractivity contribution in [2.45, 2.75) is 6.92 Å². The van der Waals surface area contributed by atoms with E-state index in [0.29, 0.717) is 13.2 Å². The summed E-state index contributed by atoms with van der Waals surface area (Å²) in [6.07, 6.45) is 0. The van der Waals surface area contributed by atoms with E-state index in [0.717, 1.165) is 34.7 Å². The number of urea groups is 1. The molecule has 2 aromatic carbocycles. The molecule has 0 fully saturated rings. The van der Waals surface area contributed by atoms with Crippen LogP contribution in [0, 0.1) is 6.92 Å². The van der Waals surface area contributed by atoms with Gasteiger partial charge in [-0.2, -0.15) is 0 Å². The lowest BCUT2D eigenvalue weighted by atomic mass is 10.1. The van der Waals surface area contributed by atoms with E-state index in [2.05, 4.69) is 56.6 Å². The predicted octanol–water partition coefficient (Wildman–Crippen LogP) is 3.78. The SMILES string of the molecule is Cc1ccc2c(c1)OCCN2CCNC(=O)Nc1ccccc1Br. The zero-order valence-electron chi connectivity index (χ0n) is 13.5. The van der Waals surface area contributed by atoms with Gasteiger partial charge >= 0.3 is 6.03 Å². The van der Waals surface area contributed by atoms with Gasteiger partial charge in [-0.15, -0.1) is 0 Å². The number of carbonyl (C=O) groups excluding carboxylic acids is 1. The van der Waals surface area contributed by atoms with E-state index in [4.69, 9.17) is 4.74 Å². The molecule has 2 aromatic rings. The molecular formula is C18H20BrN3O2. The Bertz CT molecular complexity index is 736. The molecule has 0 spiro atoms. The highest BCUT2D eigenvalue weighted by atomic mass is 79.9. The van der Waals surface area contributed by atoms with Crippen molar-refractivity contribution in [3.63, 3.8) is 0 Å². The first-order valence-electron chi connectivity index (χ1n) is 7.91. The summed E-state index contributed by atoms with van der Waals surface area (Å²) in [5.41, 5.74) is 3.02. The third-order valence-corrected chi connectivity index (χ3v) is 4.56. The average Bonchev–Trinajstić information content (AvgIpc) is 2.57. The predicted molar refractivity (Wildman–Crippen MR) is 100 cm³/mol. The monoisotopic (exact) mass is 389 g/mol. The number of nitrogens with zero attached hydrogens (tertiary/aromatic N) is 1. The van der Waals surface area contributed by atoms with Crippen LogP contribution in [0.15, 0.2) is 46.9 Å². The van der Waals surface area contributed by atoms with E-state index in [-0.39, 0.29) is 6.03 Å². The Labute approximate surface area is 150 Å². The number of fused-ring (bicyclic) bond motifs is 1. The highest BCUT2D eigenvalue weighted by Crippen LogP contribution is 2.31. The second-order valence-electron chi connectivity index (χ2n) is 5.67. The number of aryl methyl sites for hydroxylation is 1. The van der Waals surface area contributed by atoms with Gasteiger partial charge in [0.2, 0.25) is 0 Å². The standard InChI is InChI=1S/C18H20BrN3O2/c1-13-6-7-16-17(12-13)24-11-10-22(16)9-8-20-18(23)21-15-5-3-2-4-14(15)19/h2-7,12H,8-11H2,1H3,(H2,20,21,23). The number of anilines is 2. The summed E-state index contributed by atoms with van der Waals surface area (Å²) >= 11 is 3.41. The van der Waals surface area contributed by atoms with Crippen molar-refractivity contribution in [3.8, 4) is 5.75 Å². The van der Waals surface area contributed by atoms with Gasteiger partial charge in [0, 0.05) is 17.6 Å². The molecular weight excluding hydrogens is 370 g/mol. The van der Waals surface area contributed by atoms with Crippen LogP contribution in [0.25, 0.3) is 0 Å². The lowest BCUT2D eigenvalue weighted by Gasteiger charge is -2.31. The van der Waals surface area contributed by atoms with E-state index < -0.39 is 0 Å². The largest absolute Gasteiger partial charge is 0.490 e. The summed E-state index contributed by atoms with van der Waals surface area (Å²) in [7, 11) is 0. The van der Waals surface area contributed by atoms with Gasteiger partial charge in [-0.05, 0) is 52.7 Å². The average molecular weight is 390 g/mol. The molecule has 0 saturated heterocycles. The minimum absolute atomic E-state index is 0.209. The van der Waals surface area contributed by atoms with Gasteiger partial charge in [-0.1, -0.05) is 18.2 Å². The summed E-state index contributed by atoms with van der Waals surface area (Å²) in [4.78, 5) is 14.2. The van der Waals surface area contributed by atoms with Crippen LogP contribution in [0.4, 0.5) is 16.2 Å². The maximum absolute atomic E-state index is 12.0. The molecule has 24 heavy (non-hydrogen) atoms. The molecule has 2 N–H and O–H groups in total. The molecule has 1 aliphatic rings. The van der Waals surface area contributed by atoms with Crippen molar-refractivity contribution < 1.29 is 9.53 Å². The fourth-order valence-corrected chi connectivity index (χ4v) is 3.03. The van der Waals surface area contributed by atoms with Crippen molar-refractivity contribution >= 4 is 33.3 Å². The molecule has 126 valence electrons. The Kier molecular flexibility index (Phi) is 5.25. The van der Waals surface area contributed by atoms with Crippen LogP contribution in [0.2, 0.25) is 0 Å². The van der Waals surface area contributed by atoms with E-state index in [1.807, 2.05) is 24.3 Å². The van der Waals surface area contributed by atoms with E-state index in [1.54, 1.807) is 0 Å². The van der Waals surface area contributed by atoms with Crippen molar-refractivity contribution in [3.05, 3.63) is 52.5 Å². The zero-order chi connectivity index (χ0) is 16.9. The van der Waals surface area contributed by atoms with Crippen LogP contribution < -0.4 is 20.3 Å². The lowest BCUT2D eigenvalue weighted by Crippen LogP contribution is -2.40. The van der Waals surface area contributed by atoms with E-state index in [9.17, 15) is 4.79 Å². The summed E-state index contributed by atoms with van der Waals surface area (Å²) in [5, 5.41) is 5.73. The Morgan fingerprint density at radius 2 is 2.12 bits per heavy atom. The second kappa shape index (κ2) is 7.57. The molecule has 0 radical (unpaired) electrons. The third kappa shape index (κ3) is 4.00. The van der Waals surface area contributed by atoms with E-state index >= 15 is 0 Å². The van der Waals surface area contributed by atoms with Crippen LogP contribution in [0.3, 0.4) is 0 Å². The van der Waals surface area contributed by atoms with Gasteiger partial charge < -0.3 is 20.3 Å². The normalized spacial score (nSPS) is 13.0. The Balaban J connectivity index is 1.52. The molecule has 6 heteroatoms. The number of para-hydroxylation sites is 1. The number of halogens is 1. The lowest BCUT2D eigenvalue weighted by molar-refractivity contribution is 0.252. The number of hydrogen-bond acceptors (Lipinski definition) is 3. The van der Waals surface area contributed by atoms with Gasteiger partial charge in [0.15, 0.2) is 0 Å². The summed E-state index contributed by atoms with van der Waals surface area (Å²) in [6, 6.07) is 13.5. The first-order valence-corrected chi connectivity index (χ1v) is 8.70. The molecule has 3 rings (SSSR count). The molecule has 1 heterocycles. The van der Waals surface area contributed by atoms with E-state index in [1.165, 1.54) is 5.56 Å². The van der Waals surface area contributed by atoms with Crippen molar-refractivity contribution in [1.82, 2.24) is 5.32 Å². The van der Waals surface area contributed by atoms with Crippen LogP contribution in [0.1, 0.15) is 5.56 Å². The smallest absolute Gasteiger partial charge is 0.319 e. The fraction of sp³-hybridized carbons (Fsp3) is 0.278. The summed E-state index contributed by atoms with van der Waals surface area (Å²) in [5.74, 6) is 0.916. The van der Waals surface area contributed by atoms with Crippen molar-refractivity contribution in [2.75, 3.05) is 36.5 Å². The van der Waals surface area contributed by atoms with Gasteiger partial charge in [0.05, 0.1) is 17.9 Å². The van der Waals surface area contributed by atoms with Crippen LogP contribution in [-0.2, 0) is 0 Å². The first kappa shape index (κ1) is 16.6. The summed E-state index contributed by atoms with van der Waals surface area (Å²) < 4.78 is 6.57. The molecule has 2 amide bonds. The van der Waals surface area contributed by atoms with Gasteiger partial charge in [0.25, 0.3) is 0 Å². The number of benzene rings is 2. The second-order valence-corrected chi connectivity index (χ2v) is 6.52. The molecule has 5 nitrogen and oxygen atoms in total. The Morgan fingerprint density at radius 1 is 1.29 bits per heavy atom. The van der Waals surface area contributed by atoms with Gasteiger partial charge in [0.1, 0.15) is 12.4 Å². The Morgan fingerprint density at radius 3 is 2.96 bits per heavy atom. The molecule has 0 aromatic heterocycles. The molecule has 0 saturated carbocycles. The number of amides is 2. The molecule has 0 aliphatic carbocycles. The number of carbonyl (C=O) groups is 1. The topological polar surface area (TPSA) is 53.6 Å². The molecule has 0 unspecified atom stereocenters. The highest BCUT2D eigenvalue weighted by molar-refractivity contribution is 9.10. The molecule has 0 atom stereocenters. The first-order chi connectivity index (χ1) is 11.6. The molecule has 1 aliphatic heterocycles. The Hall–Kier alpha value is -2.21. The van der Waals surface area contributed by atoms with Crippen LogP contribution in [-0.4, -0.2) is 32.3 Å². The minimum Gasteiger partial charge on any atom is -0.490 e. The quantitative estimate of drug-likeness (QED) is 0.836. The molecule has 0 bridgehead atoms. The third-order valence-electron chi connectivity index (χ3n) is 3.86. The van der Waals surface area contributed by atoms with Gasteiger partial charge in [-0.25, -0.2) is 4.79 Å².